The van der Waals surface area contributed by atoms with Crippen LogP contribution in [0.5, 0.6) is 5.75 Å². The lowest BCUT2D eigenvalue weighted by atomic mass is 10.1. The molecule has 26 heavy (non-hydrogen) atoms. The zero-order valence-corrected chi connectivity index (χ0v) is 15.6. The Morgan fingerprint density at radius 1 is 1.35 bits per heavy atom. The molecule has 1 aliphatic rings. The smallest absolute Gasteiger partial charge is 0.245 e. The second-order valence-corrected chi connectivity index (χ2v) is 7.33. The first-order valence-electron chi connectivity index (χ1n) is 8.49. The van der Waals surface area contributed by atoms with Gasteiger partial charge in [-0.3, -0.25) is 9.59 Å². The minimum Gasteiger partial charge on any atom is -0.494 e. The maximum Gasteiger partial charge on any atom is 0.245 e. The van der Waals surface area contributed by atoms with E-state index in [-0.39, 0.29) is 18.2 Å². The molecule has 1 aliphatic heterocycles. The predicted molar refractivity (Wildman–Crippen MR) is 103 cm³/mol. The minimum atomic E-state index is -0.406. The van der Waals surface area contributed by atoms with Gasteiger partial charge in [-0.05, 0) is 50.2 Å². The molecule has 1 fully saturated rings. The lowest BCUT2D eigenvalue weighted by molar-refractivity contribution is -0.126. The molecule has 1 aromatic heterocycles. The van der Waals surface area contributed by atoms with Crippen molar-refractivity contribution in [2.45, 2.75) is 20.3 Å². The molecule has 3 rings (SSSR count). The van der Waals surface area contributed by atoms with E-state index in [1.807, 2.05) is 50.2 Å². The van der Waals surface area contributed by atoms with E-state index in [9.17, 15) is 9.59 Å². The largest absolute Gasteiger partial charge is 0.494 e. The van der Waals surface area contributed by atoms with Gasteiger partial charge in [-0.25, -0.2) is 5.43 Å². The van der Waals surface area contributed by atoms with E-state index in [0.717, 1.165) is 16.3 Å². The van der Waals surface area contributed by atoms with E-state index < -0.39 is 5.92 Å². The molecule has 1 aromatic carbocycles. The van der Waals surface area contributed by atoms with Crippen LogP contribution in [0.25, 0.3) is 0 Å². The van der Waals surface area contributed by atoms with Gasteiger partial charge in [0.25, 0.3) is 0 Å². The average Bonchev–Trinajstić information content (AvgIpc) is 3.22. The number of anilines is 1. The number of amides is 2. The summed E-state index contributed by atoms with van der Waals surface area (Å²) >= 11 is 1.60. The van der Waals surface area contributed by atoms with Gasteiger partial charge < -0.3 is 9.64 Å². The van der Waals surface area contributed by atoms with Crippen LogP contribution in [0.1, 0.15) is 23.1 Å². The number of rotatable bonds is 6. The van der Waals surface area contributed by atoms with Gasteiger partial charge >= 0.3 is 0 Å². The number of thiophene rings is 1. The Bertz CT molecular complexity index is 814. The van der Waals surface area contributed by atoms with Gasteiger partial charge in [0.2, 0.25) is 11.8 Å². The minimum absolute atomic E-state index is 0.0628. The maximum atomic E-state index is 12.3. The van der Waals surface area contributed by atoms with Gasteiger partial charge in [0.1, 0.15) is 5.75 Å². The molecule has 2 heterocycles. The lowest BCUT2D eigenvalue weighted by Gasteiger charge is -2.17. The Morgan fingerprint density at radius 3 is 2.77 bits per heavy atom. The van der Waals surface area contributed by atoms with E-state index >= 15 is 0 Å². The van der Waals surface area contributed by atoms with E-state index in [2.05, 4.69) is 10.5 Å². The highest BCUT2D eigenvalue weighted by molar-refractivity contribution is 7.13. The fraction of sp³-hybridized carbons (Fsp3) is 0.316. The van der Waals surface area contributed by atoms with Crippen molar-refractivity contribution in [3.8, 4) is 5.75 Å². The van der Waals surface area contributed by atoms with Crippen LogP contribution >= 0.6 is 11.3 Å². The lowest BCUT2D eigenvalue weighted by Crippen LogP contribution is -2.30. The van der Waals surface area contributed by atoms with Crippen LogP contribution in [-0.4, -0.2) is 31.2 Å². The van der Waals surface area contributed by atoms with Gasteiger partial charge in [-0.15, -0.1) is 11.3 Å². The van der Waals surface area contributed by atoms with E-state index in [4.69, 9.17) is 4.74 Å². The summed E-state index contributed by atoms with van der Waals surface area (Å²) in [6, 6.07) is 11.3. The number of aryl methyl sites for hydroxylation is 1. The van der Waals surface area contributed by atoms with Crippen LogP contribution in [0.2, 0.25) is 0 Å². The van der Waals surface area contributed by atoms with Gasteiger partial charge in [-0.1, -0.05) is 0 Å². The highest BCUT2D eigenvalue weighted by Gasteiger charge is 2.35. The van der Waals surface area contributed by atoms with Crippen molar-refractivity contribution in [2.24, 2.45) is 11.0 Å². The highest BCUT2D eigenvalue weighted by atomic mass is 32.1. The van der Waals surface area contributed by atoms with Crippen molar-refractivity contribution >= 4 is 35.1 Å². The average molecular weight is 371 g/mol. The summed E-state index contributed by atoms with van der Waals surface area (Å²) in [6.45, 7) is 4.88. The summed E-state index contributed by atoms with van der Waals surface area (Å²) in [5.41, 5.74) is 3.31. The van der Waals surface area contributed by atoms with Crippen LogP contribution < -0.4 is 15.1 Å². The summed E-state index contributed by atoms with van der Waals surface area (Å²) < 4.78 is 5.41. The summed E-state index contributed by atoms with van der Waals surface area (Å²) in [7, 11) is 0. The van der Waals surface area contributed by atoms with Gasteiger partial charge in [0.05, 0.1) is 18.7 Å². The summed E-state index contributed by atoms with van der Waals surface area (Å²) in [5.74, 6) is 0.0510. The number of nitrogens with zero attached hydrogens (tertiary/aromatic N) is 2. The molecule has 0 radical (unpaired) electrons. The standard InChI is InChI=1S/C19H21N3O3S/c1-3-25-16-7-5-15(6-8-16)22-12-14(10-18(22)23)19(24)21-20-11-17-9-4-13(2)26-17/h4-9,11,14H,3,10,12H2,1-2H3,(H,21,24). The molecule has 2 amide bonds. The zero-order chi connectivity index (χ0) is 18.5. The number of carbonyl (C=O) groups is 2. The van der Waals surface area contributed by atoms with Crippen LogP contribution in [0.15, 0.2) is 41.5 Å². The number of hydrazone groups is 1. The van der Waals surface area contributed by atoms with Gasteiger partial charge in [0.15, 0.2) is 0 Å². The molecule has 1 N–H and O–H groups in total. The van der Waals surface area contributed by atoms with E-state index in [1.165, 1.54) is 4.88 Å². The summed E-state index contributed by atoms with van der Waals surface area (Å²) in [5, 5.41) is 3.99. The molecule has 1 saturated heterocycles. The van der Waals surface area contributed by atoms with Crippen molar-refractivity contribution in [1.29, 1.82) is 0 Å². The second-order valence-electron chi connectivity index (χ2n) is 6.01. The molecule has 0 bridgehead atoms. The summed E-state index contributed by atoms with van der Waals surface area (Å²) in [6.07, 6.45) is 1.81. The number of hydrogen-bond donors (Lipinski definition) is 1. The molecule has 6 nitrogen and oxygen atoms in total. The fourth-order valence-corrected chi connectivity index (χ4v) is 3.54. The normalized spacial score (nSPS) is 17.1. The van der Waals surface area contributed by atoms with Gasteiger partial charge in [0, 0.05) is 28.4 Å². The Hall–Kier alpha value is -2.67. The highest BCUT2D eigenvalue weighted by Crippen LogP contribution is 2.27. The van der Waals surface area contributed by atoms with E-state index in [0.29, 0.717) is 13.2 Å². The molecule has 1 atom stereocenters. The van der Waals surface area contributed by atoms with Crippen molar-refractivity contribution in [3.63, 3.8) is 0 Å². The molecule has 0 spiro atoms. The van der Waals surface area contributed by atoms with Crippen LogP contribution in [0.4, 0.5) is 5.69 Å². The Morgan fingerprint density at radius 2 is 2.12 bits per heavy atom. The molecule has 2 aromatic rings. The molecule has 1 unspecified atom stereocenters. The number of carbonyl (C=O) groups excluding carboxylic acids is 2. The third-order valence-electron chi connectivity index (χ3n) is 4.08. The molecule has 0 saturated carbocycles. The maximum absolute atomic E-state index is 12.3. The van der Waals surface area contributed by atoms with Crippen LogP contribution in [0.3, 0.4) is 0 Å². The molecule has 136 valence electrons. The van der Waals surface area contributed by atoms with Crippen molar-refractivity contribution in [2.75, 3.05) is 18.1 Å². The number of ether oxygens (including phenoxy) is 1. The first-order chi connectivity index (χ1) is 12.6. The SMILES string of the molecule is CCOc1ccc(N2CC(C(=O)NN=Cc3ccc(C)s3)CC2=O)cc1. The molecular weight excluding hydrogens is 350 g/mol. The van der Waals surface area contributed by atoms with Crippen LogP contribution in [0, 0.1) is 12.8 Å². The van der Waals surface area contributed by atoms with Crippen LogP contribution in [-0.2, 0) is 9.59 Å². The molecule has 0 aliphatic carbocycles. The summed E-state index contributed by atoms with van der Waals surface area (Å²) in [4.78, 5) is 28.3. The van der Waals surface area contributed by atoms with Gasteiger partial charge in [-0.2, -0.15) is 5.10 Å². The first kappa shape index (κ1) is 18.1. The van der Waals surface area contributed by atoms with Crippen molar-refractivity contribution < 1.29 is 14.3 Å². The number of benzene rings is 1. The fourth-order valence-electron chi connectivity index (χ4n) is 2.80. The quantitative estimate of drug-likeness (QED) is 0.627. The van der Waals surface area contributed by atoms with Crippen molar-refractivity contribution in [1.82, 2.24) is 5.43 Å². The third kappa shape index (κ3) is 4.29. The monoisotopic (exact) mass is 371 g/mol. The molecular formula is C19H21N3O3S. The first-order valence-corrected chi connectivity index (χ1v) is 9.31. The molecule has 7 heteroatoms. The number of hydrogen-bond acceptors (Lipinski definition) is 5. The Kier molecular flexibility index (Phi) is 5.68. The topological polar surface area (TPSA) is 71.0 Å². The van der Waals surface area contributed by atoms with Crippen molar-refractivity contribution in [3.05, 3.63) is 46.2 Å². The second kappa shape index (κ2) is 8.14. The predicted octanol–water partition coefficient (Wildman–Crippen LogP) is 2.96. The number of nitrogens with one attached hydrogen (secondary N) is 1. The Labute approximate surface area is 156 Å². The Balaban J connectivity index is 1.58. The van der Waals surface area contributed by atoms with E-state index in [1.54, 1.807) is 22.5 Å². The third-order valence-corrected chi connectivity index (χ3v) is 5.02. The zero-order valence-electron chi connectivity index (χ0n) is 14.8.